The molecule has 3 heterocycles. The van der Waals surface area contributed by atoms with Crippen LogP contribution in [-0.2, 0) is 26.6 Å². The Hall–Kier alpha value is -1.44. The highest BCUT2D eigenvalue weighted by Crippen LogP contribution is 2.28. The second kappa shape index (κ2) is 8.29. The number of nitrogens with zero attached hydrogens (tertiary/aromatic N) is 5. The summed E-state index contributed by atoms with van der Waals surface area (Å²) in [6.45, 7) is 4.90. The highest BCUT2D eigenvalue weighted by atomic mass is 35.5. The van der Waals surface area contributed by atoms with Crippen molar-refractivity contribution in [1.82, 2.24) is 29.6 Å². The number of piperidine rings is 1. The summed E-state index contributed by atoms with van der Waals surface area (Å²) < 4.78 is 1.92. The number of hydrogen-bond acceptors (Lipinski definition) is 5. The van der Waals surface area contributed by atoms with Crippen molar-refractivity contribution >= 4 is 11.6 Å². The summed E-state index contributed by atoms with van der Waals surface area (Å²) in [5.41, 5.74) is 1.02. The number of rotatable bonds is 7. The molecule has 0 spiro atoms. The predicted octanol–water partition coefficient (Wildman–Crippen LogP) is 2.41. The Bertz CT molecular complexity index is 689. The number of hydrogen-bond donors (Lipinski definition) is 2. The zero-order valence-electron chi connectivity index (χ0n) is 15.0. The van der Waals surface area contributed by atoms with Crippen molar-refractivity contribution in [3.05, 3.63) is 28.3 Å². The molecular weight excluding hydrogens is 340 g/mol. The van der Waals surface area contributed by atoms with Gasteiger partial charge in [0.25, 0.3) is 0 Å². The average Bonchev–Trinajstić information content (AvgIpc) is 3.16. The molecule has 0 aliphatic carbocycles. The summed E-state index contributed by atoms with van der Waals surface area (Å²) in [6, 6.07) is 0. The second-order valence-corrected chi connectivity index (χ2v) is 7.16. The van der Waals surface area contributed by atoms with Gasteiger partial charge in [-0.1, -0.05) is 24.9 Å². The van der Waals surface area contributed by atoms with Crippen LogP contribution in [0.25, 0.3) is 0 Å². The first-order valence-corrected chi connectivity index (χ1v) is 9.44. The van der Waals surface area contributed by atoms with Crippen molar-refractivity contribution in [1.29, 1.82) is 0 Å². The van der Waals surface area contributed by atoms with Crippen LogP contribution < -0.4 is 0 Å². The van der Waals surface area contributed by atoms with Crippen molar-refractivity contribution in [3.8, 4) is 0 Å². The molecule has 1 aliphatic rings. The highest BCUT2D eigenvalue weighted by Gasteiger charge is 2.25. The Labute approximate surface area is 153 Å². The first-order chi connectivity index (χ1) is 12.1. The van der Waals surface area contributed by atoms with Gasteiger partial charge in [-0.15, -0.1) is 10.2 Å². The summed E-state index contributed by atoms with van der Waals surface area (Å²) in [6.07, 6.45) is 5.30. The third-order valence-electron chi connectivity index (χ3n) is 5.02. The molecule has 0 unspecified atom stereocenters. The summed E-state index contributed by atoms with van der Waals surface area (Å²) in [5.74, 6) is 2.99. The number of unbranched alkanes of at least 4 members (excludes halogenated alkanes) is 1. The Balaban J connectivity index is 1.56. The van der Waals surface area contributed by atoms with Gasteiger partial charge in [-0.05, 0) is 32.4 Å². The molecule has 2 N–H and O–H groups in total. The molecule has 1 fully saturated rings. The fraction of sp³-hybridized carbons (Fsp3) is 0.706. The van der Waals surface area contributed by atoms with E-state index in [-0.39, 0.29) is 6.61 Å². The standard InChI is InChI=1S/C17H27ClN6O/c1-3-4-5-14-19-13(16(18)20-14)10-24-8-6-12(7-9-24)17-22-21-15(11-25)23(17)2/h12,25H,3-11H2,1-2H3,(H,19,20). The van der Waals surface area contributed by atoms with Gasteiger partial charge in [-0.25, -0.2) is 4.98 Å². The molecule has 25 heavy (non-hydrogen) atoms. The molecule has 138 valence electrons. The minimum absolute atomic E-state index is 0.0684. The fourth-order valence-corrected chi connectivity index (χ4v) is 3.66. The average molecular weight is 367 g/mol. The van der Waals surface area contributed by atoms with Crippen LogP contribution in [0.5, 0.6) is 0 Å². The van der Waals surface area contributed by atoms with Crippen LogP contribution >= 0.6 is 11.6 Å². The van der Waals surface area contributed by atoms with Crippen LogP contribution in [0.15, 0.2) is 0 Å². The Morgan fingerprint density at radius 1 is 1.28 bits per heavy atom. The monoisotopic (exact) mass is 366 g/mol. The predicted molar refractivity (Wildman–Crippen MR) is 96.4 cm³/mol. The smallest absolute Gasteiger partial charge is 0.158 e. The van der Waals surface area contributed by atoms with Crippen molar-refractivity contribution < 1.29 is 5.11 Å². The Morgan fingerprint density at radius 2 is 2.04 bits per heavy atom. The quantitative estimate of drug-likeness (QED) is 0.786. The molecule has 7 nitrogen and oxygen atoms in total. The molecule has 8 heteroatoms. The number of imidazole rings is 1. The van der Waals surface area contributed by atoms with Crippen molar-refractivity contribution in [2.24, 2.45) is 7.05 Å². The third kappa shape index (κ3) is 4.22. The fourth-order valence-electron chi connectivity index (χ4n) is 3.45. The number of aryl methyl sites for hydroxylation is 1. The van der Waals surface area contributed by atoms with Crippen LogP contribution in [0.1, 0.15) is 61.7 Å². The maximum atomic E-state index is 9.26. The Morgan fingerprint density at radius 3 is 2.68 bits per heavy atom. The molecule has 0 bridgehead atoms. The molecule has 3 rings (SSSR count). The zero-order chi connectivity index (χ0) is 17.8. The first-order valence-electron chi connectivity index (χ1n) is 9.07. The SMILES string of the molecule is CCCCc1nc(Cl)c(CN2CCC(c3nnc(CO)n3C)CC2)[nH]1. The molecule has 2 aromatic rings. The zero-order valence-corrected chi connectivity index (χ0v) is 15.8. The van der Waals surface area contributed by atoms with Gasteiger partial charge >= 0.3 is 0 Å². The minimum Gasteiger partial charge on any atom is -0.388 e. The van der Waals surface area contributed by atoms with Crippen molar-refractivity contribution in [3.63, 3.8) is 0 Å². The van der Waals surface area contributed by atoms with Crippen LogP contribution in [0.2, 0.25) is 5.15 Å². The van der Waals surface area contributed by atoms with Gasteiger partial charge in [0.05, 0.1) is 5.69 Å². The number of aromatic nitrogens is 5. The van der Waals surface area contributed by atoms with E-state index in [1.165, 1.54) is 0 Å². The van der Waals surface area contributed by atoms with E-state index in [1.807, 2.05) is 11.6 Å². The van der Waals surface area contributed by atoms with Crippen LogP contribution in [-0.4, -0.2) is 47.8 Å². The number of aliphatic hydroxyl groups is 1. The largest absolute Gasteiger partial charge is 0.388 e. The number of likely N-dealkylation sites (tertiary alicyclic amines) is 1. The number of halogens is 1. The van der Waals surface area contributed by atoms with E-state index in [0.717, 1.165) is 69.1 Å². The first kappa shape index (κ1) is 18.4. The van der Waals surface area contributed by atoms with Gasteiger partial charge in [0, 0.05) is 25.9 Å². The van der Waals surface area contributed by atoms with E-state index < -0.39 is 0 Å². The summed E-state index contributed by atoms with van der Waals surface area (Å²) in [4.78, 5) is 10.2. The maximum absolute atomic E-state index is 9.26. The van der Waals surface area contributed by atoms with E-state index in [1.54, 1.807) is 0 Å². The number of H-pyrrole nitrogens is 1. The molecule has 1 aliphatic heterocycles. The number of aromatic amines is 1. The molecular formula is C17H27ClN6O. The van der Waals surface area contributed by atoms with Gasteiger partial charge in [-0.3, -0.25) is 4.90 Å². The van der Waals surface area contributed by atoms with Crippen molar-refractivity contribution in [2.75, 3.05) is 13.1 Å². The highest BCUT2D eigenvalue weighted by molar-refractivity contribution is 6.30. The van der Waals surface area contributed by atoms with E-state index in [9.17, 15) is 5.11 Å². The second-order valence-electron chi connectivity index (χ2n) is 6.80. The van der Waals surface area contributed by atoms with Gasteiger partial charge in [0.15, 0.2) is 11.0 Å². The summed E-state index contributed by atoms with van der Waals surface area (Å²) in [5, 5.41) is 18.2. The molecule has 2 aromatic heterocycles. The van der Waals surface area contributed by atoms with Crippen molar-refractivity contribution in [2.45, 2.75) is 58.1 Å². The maximum Gasteiger partial charge on any atom is 0.158 e. The van der Waals surface area contributed by atoms with E-state index in [4.69, 9.17) is 11.6 Å². The lowest BCUT2D eigenvalue weighted by molar-refractivity contribution is 0.198. The molecule has 0 amide bonds. The van der Waals surface area contributed by atoms with Gasteiger partial charge < -0.3 is 14.7 Å². The molecule has 0 saturated carbocycles. The number of aliphatic hydroxyl groups excluding tert-OH is 1. The van der Waals surface area contributed by atoms with Gasteiger partial charge in [0.1, 0.15) is 18.3 Å². The Kier molecular flexibility index (Phi) is 6.09. The van der Waals surface area contributed by atoms with Crippen LogP contribution in [0.4, 0.5) is 0 Å². The lowest BCUT2D eigenvalue weighted by Gasteiger charge is -2.31. The molecule has 0 atom stereocenters. The van der Waals surface area contributed by atoms with E-state index in [0.29, 0.717) is 16.9 Å². The number of nitrogens with one attached hydrogen (secondary N) is 1. The molecule has 1 saturated heterocycles. The van der Waals surface area contributed by atoms with Crippen LogP contribution in [0, 0.1) is 0 Å². The molecule has 0 radical (unpaired) electrons. The third-order valence-corrected chi connectivity index (χ3v) is 5.33. The van der Waals surface area contributed by atoms with Gasteiger partial charge in [0.2, 0.25) is 0 Å². The van der Waals surface area contributed by atoms with E-state index >= 15 is 0 Å². The molecule has 0 aromatic carbocycles. The topological polar surface area (TPSA) is 82.9 Å². The normalized spacial score (nSPS) is 16.6. The van der Waals surface area contributed by atoms with Crippen LogP contribution in [0.3, 0.4) is 0 Å². The summed E-state index contributed by atoms with van der Waals surface area (Å²) in [7, 11) is 1.93. The summed E-state index contributed by atoms with van der Waals surface area (Å²) >= 11 is 6.29. The van der Waals surface area contributed by atoms with E-state index in [2.05, 4.69) is 32.0 Å². The van der Waals surface area contributed by atoms with Gasteiger partial charge in [-0.2, -0.15) is 0 Å². The minimum atomic E-state index is -0.0684. The lowest BCUT2D eigenvalue weighted by atomic mass is 9.96. The lowest BCUT2D eigenvalue weighted by Crippen LogP contribution is -2.33.